The van der Waals surface area contributed by atoms with E-state index in [0.717, 1.165) is 0 Å². The Labute approximate surface area is 71.8 Å². The number of alkyl halides is 1. The zero-order chi connectivity index (χ0) is 7.75. The number of hydrogen-bond donors (Lipinski definition) is 1. The Morgan fingerprint density at radius 3 is 2.73 bits per heavy atom. The summed E-state index contributed by atoms with van der Waals surface area (Å²) >= 11 is 3.33. The van der Waals surface area contributed by atoms with Crippen LogP contribution in [0.25, 0.3) is 0 Å². The van der Waals surface area contributed by atoms with Crippen molar-refractivity contribution in [2.24, 2.45) is 17.8 Å². The predicted octanol–water partition coefficient (Wildman–Crippen LogP) is -0.0880. The van der Waals surface area contributed by atoms with Crippen LogP contribution in [0.15, 0.2) is 0 Å². The largest absolute Gasteiger partial charge is 0.461 e. The molecule has 1 saturated heterocycles. The van der Waals surface area contributed by atoms with E-state index in [2.05, 4.69) is 15.9 Å². The molecule has 0 radical (unpaired) electrons. The van der Waals surface area contributed by atoms with Gasteiger partial charge in [-0.3, -0.25) is 4.79 Å². The molecular weight excluding hydrogens is 212 g/mol. The lowest BCUT2D eigenvalue weighted by Gasteiger charge is -2.13. The van der Waals surface area contributed by atoms with Gasteiger partial charge in [0.25, 0.3) is 0 Å². The lowest BCUT2D eigenvalue weighted by Crippen LogP contribution is -2.26. The lowest BCUT2D eigenvalue weighted by atomic mass is 10.1. The maximum absolute atomic E-state index is 11.0. The fraction of sp³-hybridized carbons (Fsp3) is 0.857. The Balaban J connectivity index is 2.00. The third-order valence-electron chi connectivity index (χ3n) is 3.07. The molecule has 2 saturated carbocycles. The van der Waals surface area contributed by atoms with Crippen molar-refractivity contribution in [2.45, 2.75) is 17.0 Å². The number of fused-ring (bicyclic) bond motifs is 1. The fourth-order valence-electron chi connectivity index (χ4n) is 2.51. The summed E-state index contributed by atoms with van der Waals surface area (Å²) in [4.78, 5) is 11.0. The molecule has 3 nitrogen and oxygen atoms in total. The van der Waals surface area contributed by atoms with Crippen LogP contribution in [-0.4, -0.2) is 28.1 Å². The Morgan fingerprint density at radius 2 is 2.18 bits per heavy atom. The second-order valence-corrected chi connectivity index (χ2v) is 4.57. The van der Waals surface area contributed by atoms with Crippen molar-refractivity contribution in [3.8, 4) is 0 Å². The third-order valence-corrected chi connectivity index (χ3v) is 4.13. The molecule has 3 aliphatic rings. The molecule has 11 heavy (non-hydrogen) atoms. The lowest BCUT2D eigenvalue weighted by molar-refractivity contribution is -0.144. The van der Waals surface area contributed by atoms with Gasteiger partial charge in [0.1, 0.15) is 6.10 Å². The van der Waals surface area contributed by atoms with Gasteiger partial charge in [0, 0.05) is 11.8 Å². The molecule has 2 aliphatic carbocycles. The van der Waals surface area contributed by atoms with Crippen LogP contribution in [0.3, 0.4) is 0 Å². The van der Waals surface area contributed by atoms with Crippen LogP contribution in [0.4, 0.5) is 0 Å². The summed E-state index contributed by atoms with van der Waals surface area (Å²) in [7, 11) is 0. The minimum absolute atomic E-state index is 0.0276. The maximum atomic E-state index is 11.0. The third kappa shape index (κ3) is 0.539. The number of aliphatic hydroxyl groups is 1. The highest BCUT2D eigenvalue weighted by atomic mass is 79.9. The summed E-state index contributed by atoms with van der Waals surface area (Å²) in [5, 5.41) is 9.53. The van der Waals surface area contributed by atoms with E-state index in [9.17, 15) is 9.90 Å². The Kier molecular flexibility index (Phi) is 0.958. The van der Waals surface area contributed by atoms with Gasteiger partial charge in [0.05, 0.1) is 16.8 Å². The topological polar surface area (TPSA) is 46.5 Å². The van der Waals surface area contributed by atoms with Crippen molar-refractivity contribution in [3.63, 3.8) is 0 Å². The Hall–Kier alpha value is -0.0900. The van der Waals surface area contributed by atoms with Gasteiger partial charge in [-0.25, -0.2) is 0 Å². The van der Waals surface area contributed by atoms with Gasteiger partial charge in [0.2, 0.25) is 0 Å². The van der Waals surface area contributed by atoms with E-state index >= 15 is 0 Å². The summed E-state index contributed by atoms with van der Waals surface area (Å²) in [6.45, 7) is 0. The van der Waals surface area contributed by atoms with Gasteiger partial charge >= 0.3 is 5.97 Å². The number of ether oxygens (including phenoxy) is 1. The van der Waals surface area contributed by atoms with Crippen molar-refractivity contribution in [1.82, 2.24) is 0 Å². The summed E-state index contributed by atoms with van der Waals surface area (Å²) < 4.78 is 5.05. The second-order valence-electron chi connectivity index (χ2n) is 3.52. The Morgan fingerprint density at radius 1 is 1.45 bits per heavy atom. The zero-order valence-corrected chi connectivity index (χ0v) is 7.19. The molecule has 1 N–H and O–H groups in total. The van der Waals surface area contributed by atoms with E-state index in [1.54, 1.807) is 0 Å². The van der Waals surface area contributed by atoms with E-state index < -0.39 is 0 Å². The number of hydrogen-bond acceptors (Lipinski definition) is 3. The summed E-state index contributed by atoms with van der Waals surface area (Å²) in [6.07, 6.45) is -0.422. The molecule has 4 heteroatoms. The van der Waals surface area contributed by atoms with Crippen LogP contribution >= 0.6 is 15.9 Å². The number of rotatable bonds is 0. The summed E-state index contributed by atoms with van der Waals surface area (Å²) in [5.74, 6) is 0.447. The molecule has 0 aromatic carbocycles. The average Bonchev–Trinajstić information content (AvgIpc) is 2.58. The molecule has 1 heterocycles. The molecular formula is C7H7BrO3. The normalized spacial score (nSPS) is 64.4. The van der Waals surface area contributed by atoms with E-state index in [1.165, 1.54) is 0 Å². The first-order valence-electron chi connectivity index (χ1n) is 3.74. The minimum atomic E-state index is -0.374. The van der Waals surface area contributed by atoms with Crippen LogP contribution < -0.4 is 0 Å². The quantitative estimate of drug-likeness (QED) is 0.457. The number of carbonyl (C=O) groups excluding carboxylic acids is 1. The summed E-state index contributed by atoms with van der Waals surface area (Å²) in [5.41, 5.74) is 0. The second kappa shape index (κ2) is 1.64. The first-order chi connectivity index (χ1) is 5.22. The highest BCUT2D eigenvalue weighted by Crippen LogP contribution is 2.64. The van der Waals surface area contributed by atoms with E-state index in [0.29, 0.717) is 5.92 Å². The first-order valence-corrected chi connectivity index (χ1v) is 4.66. The number of aliphatic hydroxyl groups excluding tert-OH is 1. The van der Waals surface area contributed by atoms with Crippen LogP contribution in [0.1, 0.15) is 0 Å². The maximum Gasteiger partial charge on any atom is 0.310 e. The van der Waals surface area contributed by atoms with Crippen molar-refractivity contribution in [2.75, 3.05) is 0 Å². The van der Waals surface area contributed by atoms with E-state index in [4.69, 9.17) is 4.74 Å². The Bertz CT molecular complexity index is 236. The van der Waals surface area contributed by atoms with Gasteiger partial charge in [-0.15, -0.1) is 0 Å². The van der Waals surface area contributed by atoms with E-state index in [-0.39, 0.29) is 34.8 Å². The molecule has 0 aromatic heterocycles. The highest BCUT2D eigenvalue weighted by molar-refractivity contribution is 9.09. The fourth-order valence-corrected chi connectivity index (χ4v) is 3.32. The SMILES string of the molecule is O=C1O[C@H]2[C@H](Br)[C@@H](O)[C@H]3C1[C@@H]23. The van der Waals surface area contributed by atoms with Crippen molar-refractivity contribution < 1.29 is 14.6 Å². The molecule has 1 unspecified atom stereocenters. The molecule has 1 aliphatic heterocycles. The predicted molar refractivity (Wildman–Crippen MR) is 39.1 cm³/mol. The molecule has 3 fully saturated rings. The molecule has 0 spiro atoms. The molecule has 60 valence electrons. The van der Waals surface area contributed by atoms with Crippen LogP contribution in [-0.2, 0) is 9.53 Å². The molecule has 3 rings (SSSR count). The summed E-state index contributed by atoms with van der Waals surface area (Å²) in [6, 6.07) is 0. The number of esters is 1. The molecule has 0 amide bonds. The molecule has 0 bridgehead atoms. The number of halogens is 1. The van der Waals surface area contributed by atoms with Crippen molar-refractivity contribution >= 4 is 21.9 Å². The van der Waals surface area contributed by atoms with Gasteiger partial charge in [-0.05, 0) is 0 Å². The van der Waals surface area contributed by atoms with Crippen molar-refractivity contribution in [1.29, 1.82) is 0 Å². The molecule has 0 aromatic rings. The minimum Gasteiger partial charge on any atom is -0.461 e. The smallest absolute Gasteiger partial charge is 0.310 e. The number of carbonyl (C=O) groups is 1. The molecule has 6 atom stereocenters. The van der Waals surface area contributed by atoms with E-state index in [1.807, 2.05) is 0 Å². The van der Waals surface area contributed by atoms with Gasteiger partial charge in [-0.2, -0.15) is 0 Å². The van der Waals surface area contributed by atoms with Gasteiger partial charge in [0.15, 0.2) is 0 Å². The first kappa shape index (κ1) is 6.43. The monoisotopic (exact) mass is 218 g/mol. The van der Waals surface area contributed by atoms with Gasteiger partial charge in [-0.1, -0.05) is 15.9 Å². The van der Waals surface area contributed by atoms with Crippen molar-refractivity contribution in [3.05, 3.63) is 0 Å². The standard InChI is InChI=1S/C7H7BrO3/c8-4-5(9)1-2-3(1)7(10)11-6(2)4/h1-6,9H/t1-,2+,3?,4-,5+,6-/m1/s1. The zero-order valence-electron chi connectivity index (χ0n) is 5.61. The van der Waals surface area contributed by atoms with Crippen LogP contribution in [0, 0.1) is 17.8 Å². The average molecular weight is 219 g/mol. The van der Waals surface area contributed by atoms with Crippen LogP contribution in [0.5, 0.6) is 0 Å². The van der Waals surface area contributed by atoms with Gasteiger partial charge < -0.3 is 9.84 Å². The highest BCUT2D eigenvalue weighted by Gasteiger charge is 2.75. The van der Waals surface area contributed by atoms with Crippen LogP contribution in [0.2, 0.25) is 0 Å².